The monoisotopic (exact) mass is 584 g/mol. The summed E-state index contributed by atoms with van der Waals surface area (Å²) in [5.41, 5.74) is -0.111. The number of hydrogen-bond donors (Lipinski definition) is 4. The van der Waals surface area contributed by atoms with E-state index in [0.717, 1.165) is 47.6 Å². The van der Waals surface area contributed by atoms with Gasteiger partial charge in [-0.25, -0.2) is 19.9 Å². The molecule has 0 spiro atoms. The minimum atomic E-state index is -1.33. The molecule has 0 aliphatic rings. The van der Waals surface area contributed by atoms with E-state index in [1.165, 1.54) is 0 Å². The molecule has 0 saturated heterocycles. The van der Waals surface area contributed by atoms with Crippen LogP contribution in [0.4, 0.5) is 0 Å². The second kappa shape index (κ2) is 15.6. The Hall–Kier alpha value is -4.16. The number of carboxylic acids is 2. The topological polar surface area (TPSA) is 261 Å². The van der Waals surface area contributed by atoms with Gasteiger partial charge in [0.15, 0.2) is 23.3 Å². The largest absolute Gasteiger partial charge is 2.00 e. The van der Waals surface area contributed by atoms with Crippen molar-refractivity contribution in [1.29, 1.82) is 0 Å². The van der Waals surface area contributed by atoms with Crippen LogP contribution in [0.5, 0.6) is 0 Å². The van der Waals surface area contributed by atoms with Gasteiger partial charge in [-0.3, -0.25) is 0 Å². The van der Waals surface area contributed by atoms with E-state index in [1.807, 2.05) is 0 Å². The molecular formula is C20H22CdN8O6+2. The van der Waals surface area contributed by atoms with E-state index in [-0.39, 0.29) is 49.4 Å². The van der Waals surface area contributed by atoms with Crippen molar-refractivity contribution in [2.24, 2.45) is 0 Å². The van der Waals surface area contributed by atoms with E-state index in [1.54, 1.807) is 49.6 Å². The van der Waals surface area contributed by atoms with Crippen molar-refractivity contribution in [2.45, 2.75) is 0 Å². The van der Waals surface area contributed by atoms with Gasteiger partial charge in [0.05, 0.1) is 11.9 Å². The number of nitrogens with one attached hydrogen (secondary N) is 4. The number of aromatic nitrogens is 8. The Morgan fingerprint density at radius 3 is 0.914 bits per heavy atom. The quantitative estimate of drug-likeness (QED) is 0.138. The van der Waals surface area contributed by atoms with Crippen molar-refractivity contribution < 1.29 is 58.1 Å². The number of H-pyrrole nitrogens is 4. The van der Waals surface area contributed by atoms with Crippen LogP contribution < -0.4 is 10.2 Å². The van der Waals surface area contributed by atoms with Crippen molar-refractivity contribution in [3.8, 4) is 23.3 Å². The number of rotatable bonds is 4. The summed E-state index contributed by atoms with van der Waals surface area (Å²) in [6.45, 7) is 0. The van der Waals surface area contributed by atoms with E-state index in [9.17, 15) is 19.8 Å². The maximum atomic E-state index is 10.2. The molecule has 178 valence electrons. The second-order valence-electron chi connectivity index (χ2n) is 5.90. The standard InChI is InChI=1S/C8H6O4.2C6H6N4.Cd.2H2O/c9-7(10)5-1-2-6(4-3-5)8(11)12;2*1-2-8-5(7-1)6-9-3-4-10-6;;;/h1-4H,(H,9,10)(H,11,12);2*1-4H,(H,7,8)(H,9,10);;2*1H2/q;;;+2;;. The molecule has 4 aromatic heterocycles. The molecule has 0 unspecified atom stereocenters. The first-order valence-corrected chi connectivity index (χ1v) is 9.05. The summed E-state index contributed by atoms with van der Waals surface area (Å²) < 4.78 is 0. The molecule has 0 radical (unpaired) electrons. The summed E-state index contributed by atoms with van der Waals surface area (Å²) in [6.07, 6.45) is 13.8. The third kappa shape index (κ3) is 9.31. The molecule has 10 N–H and O–H groups in total. The van der Waals surface area contributed by atoms with Gasteiger partial charge in [-0.15, -0.1) is 0 Å². The SMILES string of the molecule is O=C([O-])c1ccc(C(=O)[O-])cc1.[Cd+2].[OH3+].[OH3+].c1c[nH]c(-c2ncc[nH]2)n1.c1c[nH]c(-c2ncc[nH]2)n1. The Labute approximate surface area is 217 Å². The summed E-state index contributed by atoms with van der Waals surface area (Å²) >= 11 is 0. The van der Waals surface area contributed by atoms with Crippen LogP contribution in [0.25, 0.3) is 23.3 Å². The zero-order valence-corrected chi connectivity index (χ0v) is 22.2. The van der Waals surface area contributed by atoms with Crippen molar-refractivity contribution in [2.75, 3.05) is 0 Å². The fourth-order valence-electron chi connectivity index (χ4n) is 2.32. The Balaban J connectivity index is 0.000000477. The molecule has 35 heavy (non-hydrogen) atoms. The first-order chi connectivity index (χ1) is 15.5. The molecular weight excluding hydrogens is 561 g/mol. The van der Waals surface area contributed by atoms with Gasteiger partial charge in [0.2, 0.25) is 0 Å². The summed E-state index contributed by atoms with van der Waals surface area (Å²) in [5.74, 6) is 0.407. The Morgan fingerprint density at radius 2 is 0.771 bits per heavy atom. The van der Waals surface area contributed by atoms with Gasteiger partial charge in [-0.2, -0.15) is 0 Å². The number of hydrogen-bond acceptors (Lipinski definition) is 8. The molecule has 0 aliphatic carbocycles. The predicted octanol–water partition coefficient (Wildman–Crippen LogP) is -1.83. The van der Waals surface area contributed by atoms with Gasteiger partial charge in [0, 0.05) is 49.6 Å². The van der Waals surface area contributed by atoms with Crippen LogP contribution in [-0.2, 0) is 38.3 Å². The normalized spacial score (nSPS) is 8.91. The first-order valence-electron chi connectivity index (χ1n) is 9.05. The number of nitrogens with zero attached hydrogens (tertiary/aromatic N) is 4. The predicted molar refractivity (Wildman–Crippen MR) is 117 cm³/mol. The zero-order valence-electron chi connectivity index (χ0n) is 18.2. The van der Waals surface area contributed by atoms with Crippen LogP contribution in [0.1, 0.15) is 20.7 Å². The van der Waals surface area contributed by atoms with E-state index < -0.39 is 11.9 Å². The molecule has 4 heterocycles. The van der Waals surface area contributed by atoms with E-state index >= 15 is 0 Å². The molecule has 0 saturated carbocycles. The zero-order chi connectivity index (χ0) is 22.8. The van der Waals surface area contributed by atoms with Gasteiger partial charge in [0.25, 0.3) is 0 Å². The number of carbonyl (C=O) groups is 2. The number of aromatic carboxylic acids is 2. The maximum absolute atomic E-state index is 10.2. The molecule has 15 heteroatoms. The number of carboxylic acid groups (broad SMARTS) is 2. The average Bonchev–Trinajstić information content (AvgIpc) is 3.61. The van der Waals surface area contributed by atoms with E-state index in [0.29, 0.717) is 0 Å². The molecule has 1 aromatic carbocycles. The molecule has 0 aliphatic heterocycles. The van der Waals surface area contributed by atoms with Crippen molar-refractivity contribution in [3.63, 3.8) is 0 Å². The van der Waals surface area contributed by atoms with Gasteiger partial charge >= 0.3 is 27.3 Å². The maximum Gasteiger partial charge on any atom is 2.00 e. The van der Waals surface area contributed by atoms with Crippen molar-refractivity contribution >= 4 is 11.9 Å². The van der Waals surface area contributed by atoms with Gasteiger partial charge in [-0.05, 0) is 11.1 Å². The van der Waals surface area contributed by atoms with Gasteiger partial charge in [0.1, 0.15) is 0 Å². The molecule has 0 bridgehead atoms. The molecule has 5 aromatic rings. The Bertz CT molecular complexity index is 1050. The Morgan fingerprint density at radius 1 is 0.543 bits per heavy atom. The third-order valence-electron chi connectivity index (χ3n) is 3.80. The van der Waals surface area contributed by atoms with Crippen LogP contribution in [0, 0.1) is 0 Å². The summed E-state index contributed by atoms with van der Waals surface area (Å²) in [4.78, 5) is 48.2. The fourth-order valence-corrected chi connectivity index (χ4v) is 2.32. The van der Waals surface area contributed by atoms with Crippen LogP contribution in [-0.4, -0.2) is 51.8 Å². The summed E-state index contributed by atoms with van der Waals surface area (Å²) in [5, 5.41) is 20.4. The smallest absolute Gasteiger partial charge is 0.545 e. The molecule has 5 rings (SSSR count). The van der Waals surface area contributed by atoms with Crippen LogP contribution >= 0.6 is 0 Å². The number of carbonyl (C=O) groups excluding carboxylic acids is 2. The molecule has 0 amide bonds. The van der Waals surface area contributed by atoms with Crippen LogP contribution in [0.3, 0.4) is 0 Å². The van der Waals surface area contributed by atoms with Crippen molar-refractivity contribution in [3.05, 3.63) is 85.0 Å². The second-order valence-corrected chi connectivity index (χ2v) is 5.90. The summed E-state index contributed by atoms with van der Waals surface area (Å²) in [6, 6.07) is 4.61. The van der Waals surface area contributed by atoms with Crippen molar-refractivity contribution in [1.82, 2.24) is 39.9 Å². The van der Waals surface area contributed by atoms with E-state index in [4.69, 9.17) is 0 Å². The van der Waals surface area contributed by atoms with Gasteiger partial charge < -0.3 is 50.7 Å². The third-order valence-corrected chi connectivity index (χ3v) is 3.80. The molecule has 0 fully saturated rings. The average molecular weight is 583 g/mol. The van der Waals surface area contributed by atoms with Crippen LogP contribution in [0.15, 0.2) is 73.8 Å². The number of imidazole rings is 4. The minimum absolute atomic E-state index is 0. The fraction of sp³-hybridized carbons (Fsp3) is 0. The first kappa shape index (κ1) is 30.8. The number of aromatic amines is 4. The molecule has 0 atom stereocenters. The molecule has 14 nitrogen and oxygen atoms in total. The van der Waals surface area contributed by atoms with E-state index in [2.05, 4.69) is 39.9 Å². The van der Waals surface area contributed by atoms with Crippen LogP contribution in [0.2, 0.25) is 0 Å². The minimum Gasteiger partial charge on any atom is -0.545 e. The number of benzene rings is 1. The summed E-state index contributed by atoms with van der Waals surface area (Å²) in [7, 11) is 0. The Kier molecular flexibility index (Phi) is 13.8. The van der Waals surface area contributed by atoms with Gasteiger partial charge in [-0.1, -0.05) is 24.3 Å².